The molecule has 0 spiro atoms. The fourth-order valence-electron chi connectivity index (χ4n) is 3.19. The van der Waals surface area contributed by atoms with Crippen molar-refractivity contribution >= 4 is 5.91 Å². The van der Waals surface area contributed by atoms with Crippen LogP contribution in [0.2, 0.25) is 0 Å². The van der Waals surface area contributed by atoms with Crippen molar-refractivity contribution in [3.05, 3.63) is 35.9 Å². The number of rotatable bonds is 3. The van der Waals surface area contributed by atoms with E-state index in [1.807, 2.05) is 16.8 Å². The van der Waals surface area contributed by atoms with E-state index in [1.165, 1.54) is 0 Å². The standard InChI is InChI=1S/C14H17N5O2/c20-12-8-10(13(12)19-6-2-4-15-19)16-14(21)11-7-9-3-1-5-18(9)17-11/h2,4,6-7,10,12-13,20H,1,3,5,8H2,(H,16,21)/t10-,12+,13+/m0/s1. The monoisotopic (exact) mass is 287 g/mol. The first kappa shape index (κ1) is 12.6. The Balaban J connectivity index is 1.47. The molecule has 21 heavy (non-hydrogen) atoms. The number of carbonyl (C=O) groups excluding carboxylic acids is 1. The van der Waals surface area contributed by atoms with Gasteiger partial charge in [0.1, 0.15) is 5.69 Å². The van der Waals surface area contributed by atoms with E-state index in [0.717, 1.165) is 25.1 Å². The lowest BCUT2D eigenvalue weighted by Crippen LogP contribution is -2.56. The summed E-state index contributed by atoms with van der Waals surface area (Å²) in [5, 5.41) is 21.3. The van der Waals surface area contributed by atoms with E-state index in [4.69, 9.17) is 0 Å². The summed E-state index contributed by atoms with van der Waals surface area (Å²) in [5.41, 5.74) is 1.59. The highest BCUT2D eigenvalue weighted by Gasteiger charge is 2.43. The van der Waals surface area contributed by atoms with Crippen LogP contribution >= 0.6 is 0 Å². The fraction of sp³-hybridized carbons (Fsp3) is 0.500. The lowest BCUT2D eigenvalue weighted by Gasteiger charge is -2.41. The largest absolute Gasteiger partial charge is 0.391 e. The van der Waals surface area contributed by atoms with Crippen LogP contribution in [0, 0.1) is 0 Å². The smallest absolute Gasteiger partial charge is 0.272 e. The van der Waals surface area contributed by atoms with Crippen molar-refractivity contribution in [2.75, 3.05) is 0 Å². The van der Waals surface area contributed by atoms with E-state index < -0.39 is 6.10 Å². The molecule has 2 aromatic heterocycles. The summed E-state index contributed by atoms with van der Waals surface area (Å²) in [6.45, 7) is 0.890. The van der Waals surface area contributed by atoms with Crippen LogP contribution in [0.3, 0.4) is 0 Å². The number of nitrogens with one attached hydrogen (secondary N) is 1. The first-order valence-electron chi connectivity index (χ1n) is 7.27. The zero-order chi connectivity index (χ0) is 14.4. The maximum Gasteiger partial charge on any atom is 0.272 e. The molecule has 0 radical (unpaired) electrons. The lowest BCUT2D eigenvalue weighted by molar-refractivity contribution is -0.00596. The molecule has 3 heterocycles. The van der Waals surface area contributed by atoms with Crippen molar-refractivity contribution in [2.45, 2.75) is 44.0 Å². The van der Waals surface area contributed by atoms with E-state index in [0.29, 0.717) is 12.1 Å². The first-order chi connectivity index (χ1) is 10.2. The molecule has 0 bridgehead atoms. The summed E-state index contributed by atoms with van der Waals surface area (Å²) in [5.74, 6) is -0.175. The average molecular weight is 287 g/mol. The van der Waals surface area contributed by atoms with E-state index in [9.17, 15) is 9.90 Å². The zero-order valence-corrected chi connectivity index (χ0v) is 11.5. The van der Waals surface area contributed by atoms with Gasteiger partial charge in [0.25, 0.3) is 5.91 Å². The normalized spacial score (nSPS) is 27.2. The molecular formula is C14H17N5O2. The third-order valence-corrected chi connectivity index (χ3v) is 4.35. The van der Waals surface area contributed by atoms with E-state index >= 15 is 0 Å². The number of fused-ring (bicyclic) bond motifs is 1. The second kappa shape index (κ2) is 4.70. The third-order valence-electron chi connectivity index (χ3n) is 4.35. The van der Waals surface area contributed by atoms with Crippen molar-refractivity contribution in [3.63, 3.8) is 0 Å². The predicted molar refractivity (Wildman–Crippen MR) is 73.7 cm³/mol. The van der Waals surface area contributed by atoms with Gasteiger partial charge in [-0.1, -0.05) is 0 Å². The number of aliphatic hydroxyl groups is 1. The SMILES string of the molecule is O=C(N[C@H]1C[C@@H](O)[C@@H]1n1cccn1)c1cc2n(n1)CCC2. The average Bonchev–Trinajstić information content (AvgIpc) is 3.13. The molecule has 7 heteroatoms. The van der Waals surface area contributed by atoms with Crippen molar-refractivity contribution in [1.82, 2.24) is 24.9 Å². The molecule has 0 aromatic carbocycles. The highest BCUT2D eigenvalue weighted by atomic mass is 16.3. The minimum Gasteiger partial charge on any atom is -0.391 e. The Hall–Kier alpha value is -2.15. The van der Waals surface area contributed by atoms with Gasteiger partial charge in [-0.05, 0) is 31.4 Å². The summed E-state index contributed by atoms with van der Waals surface area (Å²) in [6.07, 6.45) is 5.63. The number of aromatic nitrogens is 4. The number of hydrogen-bond donors (Lipinski definition) is 2. The predicted octanol–water partition coefficient (Wildman–Crippen LogP) is 0.130. The molecule has 0 unspecified atom stereocenters. The second-order valence-corrected chi connectivity index (χ2v) is 5.71. The maximum atomic E-state index is 12.3. The van der Waals surface area contributed by atoms with Crippen LogP contribution in [-0.2, 0) is 13.0 Å². The Morgan fingerprint density at radius 2 is 2.38 bits per heavy atom. The van der Waals surface area contributed by atoms with Gasteiger partial charge in [0, 0.05) is 24.6 Å². The minimum absolute atomic E-state index is 0.107. The molecule has 0 saturated heterocycles. The van der Waals surface area contributed by atoms with E-state index in [-0.39, 0.29) is 18.0 Å². The van der Waals surface area contributed by atoms with Crippen LogP contribution in [-0.4, -0.2) is 42.7 Å². The van der Waals surface area contributed by atoms with Crippen LogP contribution in [0.25, 0.3) is 0 Å². The van der Waals surface area contributed by atoms with Gasteiger partial charge in [-0.3, -0.25) is 14.2 Å². The van der Waals surface area contributed by atoms with Gasteiger partial charge in [0.2, 0.25) is 0 Å². The quantitative estimate of drug-likeness (QED) is 0.840. The maximum absolute atomic E-state index is 12.3. The van der Waals surface area contributed by atoms with Gasteiger partial charge >= 0.3 is 0 Å². The van der Waals surface area contributed by atoms with Gasteiger partial charge in [-0.2, -0.15) is 10.2 Å². The number of hydrogen-bond acceptors (Lipinski definition) is 4. The second-order valence-electron chi connectivity index (χ2n) is 5.71. The summed E-state index contributed by atoms with van der Waals surface area (Å²) in [7, 11) is 0. The first-order valence-corrected chi connectivity index (χ1v) is 7.27. The molecule has 4 rings (SSSR count). The zero-order valence-electron chi connectivity index (χ0n) is 11.5. The fourth-order valence-corrected chi connectivity index (χ4v) is 3.19. The summed E-state index contributed by atoms with van der Waals surface area (Å²) in [6, 6.07) is 3.37. The molecule has 1 aliphatic carbocycles. The van der Waals surface area contributed by atoms with Gasteiger partial charge in [0.15, 0.2) is 0 Å². The van der Waals surface area contributed by atoms with Crippen molar-refractivity contribution in [1.29, 1.82) is 0 Å². The molecule has 7 nitrogen and oxygen atoms in total. The van der Waals surface area contributed by atoms with Crippen LogP contribution in [0.1, 0.15) is 35.1 Å². The molecule has 1 saturated carbocycles. The molecule has 3 atom stereocenters. The highest BCUT2D eigenvalue weighted by Crippen LogP contribution is 2.32. The van der Waals surface area contributed by atoms with Gasteiger partial charge in [-0.25, -0.2) is 0 Å². The van der Waals surface area contributed by atoms with Gasteiger partial charge < -0.3 is 10.4 Å². The van der Waals surface area contributed by atoms with Crippen LogP contribution < -0.4 is 5.32 Å². The molecule has 2 aromatic rings. The molecule has 110 valence electrons. The Labute approximate surface area is 121 Å². The highest BCUT2D eigenvalue weighted by molar-refractivity contribution is 5.92. The van der Waals surface area contributed by atoms with Gasteiger partial charge in [0.05, 0.1) is 18.2 Å². The number of carbonyl (C=O) groups is 1. The Morgan fingerprint density at radius 1 is 1.48 bits per heavy atom. The van der Waals surface area contributed by atoms with Crippen molar-refractivity contribution in [2.24, 2.45) is 0 Å². The number of nitrogens with zero attached hydrogens (tertiary/aromatic N) is 4. The third kappa shape index (κ3) is 2.04. The molecule has 2 aliphatic rings. The Bertz CT molecular complexity index is 641. The van der Waals surface area contributed by atoms with Crippen LogP contribution in [0.5, 0.6) is 0 Å². The molecule has 1 fully saturated rings. The van der Waals surface area contributed by atoms with Gasteiger partial charge in [-0.15, -0.1) is 0 Å². The molecule has 1 aliphatic heterocycles. The minimum atomic E-state index is -0.470. The Morgan fingerprint density at radius 3 is 3.10 bits per heavy atom. The topological polar surface area (TPSA) is 85.0 Å². The summed E-state index contributed by atoms with van der Waals surface area (Å²) >= 11 is 0. The summed E-state index contributed by atoms with van der Waals surface area (Å²) < 4.78 is 3.60. The van der Waals surface area contributed by atoms with Crippen molar-refractivity contribution in [3.8, 4) is 0 Å². The summed E-state index contributed by atoms with van der Waals surface area (Å²) in [4.78, 5) is 12.3. The Kier molecular flexibility index (Phi) is 2.81. The number of aliphatic hydroxyl groups excluding tert-OH is 1. The molecular weight excluding hydrogens is 270 g/mol. The van der Waals surface area contributed by atoms with E-state index in [2.05, 4.69) is 15.5 Å². The van der Waals surface area contributed by atoms with E-state index in [1.54, 1.807) is 17.1 Å². The van der Waals surface area contributed by atoms with Crippen LogP contribution in [0.15, 0.2) is 24.5 Å². The van der Waals surface area contributed by atoms with Crippen LogP contribution in [0.4, 0.5) is 0 Å². The number of amides is 1. The molecule has 1 amide bonds. The number of aryl methyl sites for hydroxylation is 2. The molecule has 2 N–H and O–H groups in total. The lowest BCUT2D eigenvalue weighted by atomic mass is 9.83. The van der Waals surface area contributed by atoms with Crippen molar-refractivity contribution < 1.29 is 9.90 Å².